The molecule has 0 aromatic carbocycles. The molecule has 0 unspecified atom stereocenters. The number of hydrogen-bond donors (Lipinski definition) is 0. The van der Waals surface area contributed by atoms with Crippen LogP contribution in [0, 0.1) is 0 Å². The van der Waals surface area contributed by atoms with Gasteiger partial charge in [0.05, 0.1) is 0 Å². The Morgan fingerprint density at radius 1 is 0.727 bits per heavy atom. The van der Waals surface area contributed by atoms with E-state index in [4.69, 9.17) is 0 Å². The van der Waals surface area contributed by atoms with Crippen molar-refractivity contribution < 1.29 is 30.5 Å². The Bertz CT molecular complexity index is 103. The molecule has 1 nitrogen and oxygen atoms in total. The normalized spacial score (nSPS) is 15.8. The van der Waals surface area contributed by atoms with Gasteiger partial charge in [-0.1, -0.05) is 0 Å². The zero-order chi connectivity index (χ0) is 9.12. The molecule has 0 N–H and O–H groups in total. The van der Waals surface area contributed by atoms with Gasteiger partial charge in [0, 0.05) is 0 Å². The lowest BCUT2D eigenvalue weighted by Gasteiger charge is -2.08. The average molecular weight is 214 g/mol. The van der Waals surface area contributed by atoms with Gasteiger partial charge in [0.15, 0.2) is 0 Å². The zero-order valence-corrected chi connectivity index (χ0v) is 7.92. The van der Waals surface area contributed by atoms with Crippen LogP contribution in [0.3, 0.4) is 0 Å². The van der Waals surface area contributed by atoms with Crippen LogP contribution < -0.4 is 0 Å². The maximum Gasteiger partial charge on any atom is 0.381 e. The Hall–Kier alpha value is -0.0262. The summed E-state index contributed by atoms with van der Waals surface area (Å²) in [4.78, 5) is 0. The molecule has 0 aliphatic rings. The summed E-state index contributed by atoms with van der Waals surface area (Å²) in [5.74, 6) is -9.06. The quantitative estimate of drug-likeness (QED) is 0.471. The van der Waals surface area contributed by atoms with Crippen LogP contribution in [-0.4, -0.2) is 31.1 Å². The summed E-state index contributed by atoms with van der Waals surface area (Å²) in [5.41, 5.74) is 0. The molecule has 0 fully saturated rings. The van der Waals surface area contributed by atoms with Gasteiger partial charge in [0.1, 0.15) is 0 Å². The molecule has 0 aliphatic heterocycles. The first-order chi connectivity index (χ1) is 4.71. The fourth-order valence-electron chi connectivity index (χ4n) is 0.282. The van der Waals surface area contributed by atoms with Crippen molar-refractivity contribution in [3.8, 4) is 0 Å². The van der Waals surface area contributed by atoms with E-state index < -0.39 is 31.1 Å². The van der Waals surface area contributed by atoms with Crippen LogP contribution in [0.5, 0.6) is 0 Å². The minimum absolute atomic E-state index is 2.99. The summed E-state index contributed by atoms with van der Waals surface area (Å²) in [6.07, 6.45) is 0. The van der Waals surface area contributed by atoms with Gasteiger partial charge < -0.3 is 4.12 Å². The molecule has 0 atom stereocenters. The molecular formula is C2H4F6OSi2. The first-order valence-electron chi connectivity index (χ1n) is 2.42. The van der Waals surface area contributed by atoms with Crippen LogP contribution in [-0.2, 0) is 4.12 Å². The van der Waals surface area contributed by atoms with Crippen molar-refractivity contribution in [2.24, 2.45) is 0 Å². The van der Waals surface area contributed by atoms with Crippen LogP contribution in [0.1, 0.15) is 0 Å². The summed E-state index contributed by atoms with van der Waals surface area (Å²) >= 11 is 0. The third-order valence-electron chi connectivity index (χ3n) is 0.531. The van der Waals surface area contributed by atoms with E-state index in [-0.39, 0.29) is 0 Å². The second-order valence-electron chi connectivity index (χ2n) is 1.72. The first-order valence-corrected chi connectivity index (χ1v) is 4.99. The van der Waals surface area contributed by atoms with Gasteiger partial charge >= 0.3 is 11.6 Å². The molecule has 68 valence electrons. The van der Waals surface area contributed by atoms with Crippen molar-refractivity contribution in [3.63, 3.8) is 0 Å². The van der Waals surface area contributed by atoms with Crippen molar-refractivity contribution in [3.05, 3.63) is 0 Å². The van der Waals surface area contributed by atoms with E-state index in [0.29, 0.717) is 0 Å². The van der Waals surface area contributed by atoms with Crippen molar-refractivity contribution in [2.45, 2.75) is 11.6 Å². The molecule has 0 spiro atoms. The first kappa shape index (κ1) is 11.0. The molecule has 0 rings (SSSR count). The van der Waals surface area contributed by atoms with Gasteiger partial charge in [-0.05, 0) is 0 Å². The fourth-order valence-corrected chi connectivity index (χ4v) is 2.54. The van der Waals surface area contributed by atoms with Crippen molar-refractivity contribution in [1.82, 2.24) is 0 Å². The molecule has 11 heavy (non-hydrogen) atoms. The molecule has 9 heteroatoms. The summed E-state index contributed by atoms with van der Waals surface area (Å²) in [7, 11) is -5.98. The second-order valence-corrected chi connectivity index (χ2v) is 5.54. The van der Waals surface area contributed by atoms with Gasteiger partial charge in [-0.25, -0.2) is 0 Å². The standard InChI is InChI=1S/C2H4F6OSi2/c3-1(4,5)10-9-11-2(6,7)8/h10-11H2. The maximum atomic E-state index is 11.2. The predicted molar refractivity (Wildman–Crippen MR) is 30.3 cm³/mol. The largest absolute Gasteiger partial charge is 0.452 e. The maximum absolute atomic E-state index is 11.2. The highest BCUT2D eigenvalue weighted by Gasteiger charge is 2.33. The van der Waals surface area contributed by atoms with Crippen molar-refractivity contribution in [2.75, 3.05) is 0 Å². The SMILES string of the molecule is FC(F)(F)[SiH2]O[SiH2]C(F)(F)F. The lowest BCUT2D eigenvalue weighted by atomic mass is 11.5. The van der Waals surface area contributed by atoms with Gasteiger partial charge in [-0.15, -0.1) is 0 Å². The number of halogens is 6. The summed E-state index contributed by atoms with van der Waals surface area (Å²) in [6.45, 7) is 0. The summed E-state index contributed by atoms with van der Waals surface area (Å²) < 4.78 is 70.9. The zero-order valence-electron chi connectivity index (χ0n) is 5.09. The van der Waals surface area contributed by atoms with Crippen LogP contribution in [0.2, 0.25) is 0 Å². The van der Waals surface area contributed by atoms with E-state index in [0.717, 1.165) is 0 Å². The third-order valence-corrected chi connectivity index (χ3v) is 2.82. The van der Waals surface area contributed by atoms with E-state index in [1.54, 1.807) is 0 Å². The Morgan fingerprint density at radius 3 is 1.18 bits per heavy atom. The monoisotopic (exact) mass is 214 g/mol. The highest BCUT2D eigenvalue weighted by atomic mass is 28.3. The number of hydrogen-bond acceptors (Lipinski definition) is 1. The Labute approximate surface area is 62.6 Å². The Balaban J connectivity index is 3.44. The minimum atomic E-state index is -4.53. The summed E-state index contributed by atoms with van der Waals surface area (Å²) in [5, 5.41) is 0. The van der Waals surface area contributed by atoms with Crippen LogP contribution in [0.4, 0.5) is 26.3 Å². The second kappa shape index (κ2) is 3.58. The van der Waals surface area contributed by atoms with E-state index in [1.807, 2.05) is 0 Å². The van der Waals surface area contributed by atoms with Gasteiger partial charge in [-0.3, -0.25) is 0 Å². The molecule has 0 amide bonds. The molecule has 0 aromatic rings. The number of alkyl halides is 6. The lowest BCUT2D eigenvalue weighted by molar-refractivity contribution is -0.0647. The van der Waals surface area contributed by atoms with Crippen molar-refractivity contribution in [1.29, 1.82) is 0 Å². The Kier molecular flexibility index (Phi) is 3.57. The van der Waals surface area contributed by atoms with Gasteiger partial charge in [0.25, 0.3) is 19.5 Å². The Morgan fingerprint density at radius 2 is 1.00 bits per heavy atom. The van der Waals surface area contributed by atoms with E-state index in [2.05, 4.69) is 4.12 Å². The molecule has 0 aliphatic carbocycles. The predicted octanol–water partition coefficient (Wildman–Crippen LogP) is 0.210. The molecule has 0 saturated heterocycles. The average Bonchev–Trinajstić information content (AvgIpc) is 1.55. The van der Waals surface area contributed by atoms with E-state index in [9.17, 15) is 26.3 Å². The van der Waals surface area contributed by atoms with Crippen LogP contribution >= 0.6 is 0 Å². The molecule has 0 aromatic heterocycles. The van der Waals surface area contributed by atoms with Gasteiger partial charge in [-0.2, -0.15) is 26.3 Å². The lowest BCUT2D eigenvalue weighted by Crippen LogP contribution is -2.29. The highest BCUT2D eigenvalue weighted by molar-refractivity contribution is 6.45. The minimum Gasteiger partial charge on any atom is -0.452 e. The molecule has 0 heterocycles. The smallest absolute Gasteiger partial charge is 0.381 e. The van der Waals surface area contributed by atoms with Gasteiger partial charge in [0.2, 0.25) is 0 Å². The van der Waals surface area contributed by atoms with E-state index in [1.165, 1.54) is 0 Å². The summed E-state index contributed by atoms with van der Waals surface area (Å²) in [6, 6.07) is 0. The molecule has 0 saturated carbocycles. The highest BCUT2D eigenvalue weighted by Crippen LogP contribution is 2.15. The molecular weight excluding hydrogens is 210 g/mol. The molecule has 0 bridgehead atoms. The third kappa shape index (κ3) is 9.97. The van der Waals surface area contributed by atoms with Crippen LogP contribution in [0.25, 0.3) is 0 Å². The fraction of sp³-hybridized carbons (Fsp3) is 1.00. The number of rotatable bonds is 2. The van der Waals surface area contributed by atoms with Crippen LogP contribution in [0.15, 0.2) is 0 Å². The van der Waals surface area contributed by atoms with E-state index >= 15 is 0 Å². The van der Waals surface area contributed by atoms with Crippen molar-refractivity contribution >= 4 is 19.5 Å². The topological polar surface area (TPSA) is 9.23 Å². The molecule has 0 radical (unpaired) electrons.